The Balaban J connectivity index is 1.56. The van der Waals surface area contributed by atoms with Crippen molar-refractivity contribution in [3.8, 4) is 0 Å². The summed E-state index contributed by atoms with van der Waals surface area (Å²) in [7, 11) is -1.72. The predicted molar refractivity (Wildman–Crippen MR) is 120 cm³/mol. The molecule has 0 amide bonds. The zero-order valence-electron chi connectivity index (χ0n) is 19.7. The van der Waals surface area contributed by atoms with E-state index >= 15 is 0 Å². The molecule has 0 spiro atoms. The smallest absolute Gasteiger partial charge is 0.192 e. The largest absolute Gasteiger partial charge is 0.413 e. The summed E-state index contributed by atoms with van der Waals surface area (Å²) in [5.74, 6) is 3.12. The summed E-state index contributed by atoms with van der Waals surface area (Å²) in [6.45, 7) is 17.1. The Hall–Kier alpha value is 0.137. The molecule has 0 aromatic rings. The minimum absolute atomic E-state index is 0.0359. The fourth-order valence-electron chi connectivity index (χ4n) is 8.06. The fourth-order valence-corrected chi connectivity index (χ4v) is 9.51. The van der Waals surface area contributed by atoms with Crippen molar-refractivity contribution in [1.82, 2.24) is 0 Å². The maximum absolute atomic E-state index is 10.7. The van der Waals surface area contributed by atoms with E-state index in [4.69, 9.17) is 4.43 Å². The van der Waals surface area contributed by atoms with Crippen LogP contribution in [0.2, 0.25) is 18.1 Å². The van der Waals surface area contributed by atoms with Crippen LogP contribution < -0.4 is 0 Å². The first kappa shape index (κ1) is 21.4. The number of hydrogen-bond donors (Lipinski definition) is 1. The van der Waals surface area contributed by atoms with Crippen LogP contribution in [-0.2, 0) is 4.43 Å². The van der Waals surface area contributed by atoms with Gasteiger partial charge in [0.2, 0.25) is 0 Å². The number of fused-ring (bicyclic) bond motifs is 5. The van der Waals surface area contributed by atoms with Crippen LogP contribution in [0, 0.1) is 34.5 Å². The molecular weight excluding hydrogens is 360 g/mol. The van der Waals surface area contributed by atoms with Gasteiger partial charge in [-0.15, -0.1) is 0 Å². The maximum Gasteiger partial charge on any atom is 0.192 e. The number of aliphatic hydroxyl groups excluding tert-OH is 1. The van der Waals surface area contributed by atoms with Crippen molar-refractivity contribution in [3.63, 3.8) is 0 Å². The van der Waals surface area contributed by atoms with E-state index in [1.54, 1.807) is 0 Å². The highest BCUT2D eigenvalue weighted by Gasteiger charge is 2.61. The molecule has 4 saturated carbocycles. The minimum Gasteiger partial charge on any atom is -0.413 e. The van der Waals surface area contributed by atoms with Crippen molar-refractivity contribution < 1.29 is 9.53 Å². The van der Waals surface area contributed by atoms with Gasteiger partial charge in [-0.1, -0.05) is 41.0 Å². The van der Waals surface area contributed by atoms with Crippen LogP contribution in [-0.4, -0.2) is 25.6 Å². The van der Waals surface area contributed by atoms with Crippen LogP contribution in [0.15, 0.2) is 0 Å². The van der Waals surface area contributed by atoms with Gasteiger partial charge in [-0.25, -0.2) is 0 Å². The zero-order valence-corrected chi connectivity index (χ0v) is 20.7. The maximum atomic E-state index is 10.7. The van der Waals surface area contributed by atoms with Gasteiger partial charge in [0.15, 0.2) is 8.32 Å². The van der Waals surface area contributed by atoms with Crippen molar-refractivity contribution >= 4 is 8.32 Å². The van der Waals surface area contributed by atoms with Crippen LogP contribution in [0.25, 0.3) is 0 Å². The van der Waals surface area contributed by atoms with Crippen molar-refractivity contribution in [3.05, 3.63) is 0 Å². The molecule has 4 rings (SSSR count). The number of aliphatic hydroxyl groups is 1. The van der Waals surface area contributed by atoms with Gasteiger partial charge in [0.25, 0.3) is 0 Å². The Bertz CT molecular complexity index is 596. The van der Waals surface area contributed by atoms with Gasteiger partial charge in [0, 0.05) is 0 Å². The van der Waals surface area contributed by atoms with Gasteiger partial charge in [0.05, 0.1) is 12.2 Å². The van der Waals surface area contributed by atoms with E-state index in [9.17, 15) is 5.11 Å². The molecule has 0 bridgehead atoms. The first-order valence-corrected chi connectivity index (χ1v) is 15.2. The van der Waals surface area contributed by atoms with Crippen molar-refractivity contribution in [1.29, 1.82) is 0 Å². The van der Waals surface area contributed by atoms with Crippen LogP contribution in [0.1, 0.15) is 92.4 Å². The molecule has 162 valence electrons. The van der Waals surface area contributed by atoms with Crippen LogP contribution in [0.3, 0.4) is 0 Å². The summed E-state index contributed by atoms with van der Waals surface area (Å²) in [4.78, 5) is 0. The lowest BCUT2D eigenvalue weighted by molar-refractivity contribution is -0.148. The first-order valence-electron chi connectivity index (χ1n) is 12.3. The van der Waals surface area contributed by atoms with Gasteiger partial charge in [-0.05, 0) is 104 Å². The van der Waals surface area contributed by atoms with E-state index in [-0.39, 0.29) is 6.10 Å². The predicted octanol–water partition coefficient (Wildman–Crippen LogP) is 6.78. The van der Waals surface area contributed by atoms with E-state index < -0.39 is 8.32 Å². The second-order valence-corrected chi connectivity index (χ2v) is 17.8. The highest BCUT2D eigenvalue weighted by atomic mass is 28.4. The van der Waals surface area contributed by atoms with E-state index in [1.807, 2.05) is 0 Å². The second-order valence-electron chi connectivity index (χ2n) is 13.0. The minimum atomic E-state index is -1.72. The monoisotopic (exact) mass is 406 g/mol. The third-order valence-corrected chi connectivity index (χ3v) is 15.3. The Morgan fingerprint density at radius 2 is 1.46 bits per heavy atom. The summed E-state index contributed by atoms with van der Waals surface area (Å²) < 4.78 is 7.06. The van der Waals surface area contributed by atoms with Crippen molar-refractivity contribution in [2.45, 2.75) is 123 Å². The van der Waals surface area contributed by atoms with E-state index in [1.165, 1.54) is 51.4 Å². The van der Waals surface area contributed by atoms with Gasteiger partial charge < -0.3 is 9.53 Å². The van der Waals surface area contributed by atoms with Crippen LogP contribution >= 0.6 is 0 Å². The van der Waals surface area contributed by atoms with Gasteiger partial charge >= 0.3 is 0 Å². The molecule has 3 unspecified atom stereocenters. The van der Waals surface area contributed by atoms with E-state index in [0.717, 1.165) is 24.2 Å². The normalized spacial score (nSPS) is 49.3. The molecule has 0 heterocycles. The van der Waals surface area contributed by atoms with Crippen molar-refractivity contribution in [2.24, 2.45) is 34.5 Å². The highest BCUT2D eigenvalue weighted by Crippen LogP contribution is 2.67. The summed E-state index contributed by atoms with van der Waals surface area (Å²) in [6, 6.07) is 0. The molecule has 4 fully saturated rings. The first-order chi connectivity index (χ1) is 12.9. The molecule has 0 aromatic heterocycles. The second kappa shape index (κ2) is 6.82. The highest BCUT2D eigenvalue weighted by molar-refractivity contribution is 6.74. The summed E-state index contributed by atoms with van der Waals surface area (Å²) in [5.41, 5.74) is 0.771. The Kier molecular flexibility index (Phi) is 5.21. The van der Waals surface area contributed by atoms with Gasteiger partial charge in [0.1, 0.15) is 0 Å². The third kappa shape index (κ3) is 3.09. The zero-order chi connectivity index (χ0) is 20.5. The molecule has 4 aliphatic rings. The molecule has 0 aliphatic heterocycles. The lowest BCUT2D eigenvalue weighted by Gasteiger charge is -2.61. The summed E-state index contributed by atoms with van der Waals surface area (Å²) in [5, 5.41) is 11.0. The third-order valence-electron chi connectivity index (χ3n) is 10.8. The average molecular weight is 407 g/mol. The van der Waals surface area contributed by atoms with Crippen LogP contribution in [0.5, 0.6) is 0 Å². The summed E-state index contributed by atoms with van der Waals surface area (Å²) >= 11 is 0. The van der Waals surface area contributed by atoms with Gasteiger partial charge in [-0.3, -0.25) is 0 Å². The quantitative estimate of drug-likeness (QED) is 0.512. The van der Waals surface area contributed by atoms with E-state index in [2.05, 4.69) is 47.7 Å². The average Bonchev–Trinajstić information content (AvgIpc) is 2.90. The molecule has 3 heteroatoms. The lowest BCUT2D eigenvalue weighted by atomic mass is 9.45. The molecule has 0 aromatic carbocycles. The lowest BCUT2D eigenvalue weighted by Crippen LogP contribution is -2.57. The Labute approximate surface area is 175 Å². The van der Waals surface area contributed by atoms with E-state index in [0.29, 0.717) is 27.9 Å². The molecule has 28 heavy (non-hydrogen) atoms. The molecular formula is C25H46O2Si. The standard InChI is InChI=1S/C25H46O2Si/c1-23(2,3)28(6,7)27-22-13-12-18-17-10-11-20-21(26)9-8-15-24(20,4)19(17)14-16-25(18,22)5/h17-22,26H,8-16H2,1-7H3/t17-,18-,19?,20?,21?,22-,24+,25-/m0/s1. The summed E-state index contributed by atoms with van der Waals surface area (Å²) in [6.07, 6.45) is 12.0. The SMILES string of the molecule is CC(C)(C)[Si](C)(C)O[C@H]1CC[C@H]2[C@@H]3CCC4C(O)CCC[C@]4(C)C3CC[C@]12C. The molecule has 8 atom stereocenters. The topological polar surface area (TPSA) is 29.5 Å². The molecule has 2 nitrogen and oxygen atoms in total. The molecule has 4 aliphatic carbocycles. The molecule has 1 N–H and O–H groups in total. The van der Waals surface area contributed by atoms with Gasteiger partial charge in [-0.2, -0.15) is 0 Å². The fraction of sp³-hybridized carbons (Fsp3) is 1.00. The Morgan fingerprint density at radius 3 is 2.14 bits per heavy atom. The molecule has 0 radical (unpaired) electrons. The number of rotatable bonds is 2. The molecule has 0 saturated heterocycles. The Morgan fingerprint density at radius 1 is 0.821 bits per heavy atom. The van der Waals surface area contributed by atoms with Crippen LogP contribution in [0.4, 0.5) is 0 Å². The van der Waals surface area contributed by atoms with Crippen molar-refractivity contribution in [2.75, 3.05) is 0 Å². The number of hydrogen-bond acceptors (Lipinski definition) is 2.